The summed E-state index contributed by atoms with van der Waals surface area (Å²) in [5.41, 5.74) is 0.906. The highest BCUT2D eigenvalue weighted by atomic mass is 16.6. The minimum atomic E-state index is -1.14. The third kappa shape index (κ3) is 8.75. The lowest BCUT2D eigenvalue weighted by Crippen LogP contribution is -2.52. The van der Waals surface area contributed by atoms with Crippen molar-refractivity contribution in [3.8, 4) is 0 Å². The Kier molecular flexibility index (Phi) is 11.5. The molecular weight excluding hydrogens is 434 g/mol. The van der Waals surface area contributed by atoms with Crippen LogP contribution in [0.25, 0.3) is 0 Å². The molecule has 1 fully saturated rings. The van der Waals surface area contributed by atoms with Gasteiger partial charge in [0, 0.05) is 0 Å². The van der Waals surface area contributed by atoms with Crippen LogP contribution in [-0.4, -0.2) is 47.3 Å². The van der Waals surface area contributed by atoms with Crippen molar-refractivity contribution in [3.63, 3.8) is 0 Å². The highest BCUT2D eigenvalue weighted by Crippen LogP contribution is 2.22. The maximum absolute atomic E-state index is 13.1. The van der Waals surface area contributed by atoms with E-state index >= 15 is 0 Å². The predicted octanol–water partition coefficient (Wildman–Crippen LogP) is 3.95. The minimum Gasteiger partial charge on any atom is -0.461 e. The Bertz CT molecular complexity index is 781. The van der Waals surface area contributed by atoms with Gasteiger partial charge in [-0.15, -0.1) is 0 Å². The molecule has 7 heteroatoms. The molecule has 0 aliphatic carbocycles. The van der Waals surface area contributed by atoms with Gasteiger partial charge >= 0.3 is 11.9 Å². The summed E-state index contributed by atoms with van der Waals surface area (Å²) in [5.74, 6) is -2.58. The molecule has 1 aliphatic rings. The first-order chi connectivity index (χ1) is 16.2. The fourth-order valence-electron chi connectivity index (χ4n) is 4.18. The van der Waals surface area contributed by atoms with Crippen molar-refractivity contribution < 1.29 is 29.0 Å². The number of hydrogen-bond acceptors (Lipinski definition) is 6. The van der Waals surface area contributed by atoms with Crippen LogP contribution in [0.2, 0.25) is 0 Å². The molecule has 1 saturated heterocycles. The monoisotopic (exact) mass is 475 g/mol. The van der Waals surface area contributed by atoms with E-state index in [0.717, 1.165) is 37.7 Å². The van der Waals surface area contributed by atoms with Gasteiger partial charge in [0.15, 0.2) is 6.10 Å². The lowest BCUT2D eigenvalue weighted by molar-refractivity contribution is -0.172. The number of ether oxygens (including phenoxy) is 2. The molecule has 0 radical (unpaired) electrons. The van der Waals surface area contributed by atoms with E-state index in [2.05, 4.69) is 12.2 Å². The van der Waals surface area contributed by atoms with Gasteiger partial charge in [0.25, 0.3) is 5.91 Å². The molecule has 0 saturated carbocycles. The highest BCUT2D eigenvalue weighted by molar-refractivity contribution is 5.85. The van der Waals surface area contributed by atoms with Crippen molar-refractivity contribution in [2.45, 2.75) is 103 Å². The number of aliphatic hydroxyl groups is 1. The SMILES string of the molecule is CCCCCCCC1OC(=O)C[C@@H](O)[C@H](Cc2ccccc2)NC(=O)C(C(C)C)OC(=O)[C@H]1C. The molecule has 5 atom stereocenters. The summed E-state index contributed by atoms with van der Waals surface area (Å²) in [4.78, 5) is 38.7. The summed E-state index contributed by atoms with van der Waals surface area (Å²) in [6, 6.07) is 8.69. The molecular formula is C27H41NO6. The number of benzene rings is 1. The molecule has 2 rings (SSSR count). The van der Waals surface area contributed by atoms with Gasteiger partial charge in [0.2, 0.25) is 0 Å². The molecule has 1 aromatic rings. The Morgan fingerprint density at radius 3 is 2.35 bits per heavy atom. The van der Waals surface area contributed by atoms with Gasteiger partial charge in [-0.2, -0.15) is 0 Å². The van der Waals surface area contributed by atoms with E-state index in [-0.39, 0.29) is 12.3 Å². The predicted molar refractivity (Wildman–Crippen MR) is 130 cm³/mol. The van der Waals surface area contributed by atoms with Crippen LogP contribution < -0.4 is 5.32 Å². The third-order valence-electron chi connectivity index (χ3n) is 6.38. The normalized spacial score (nSPS) is 26.8. The molecule has 1 aromatic carbocycles. The van der Waals surface area contributed by atoms with Crippen LogP contribution in [0.5, 0.6) is 0 Å². The zero-order valence-electron chi connectivity index (χ0n) is 21.0. The summed E-state index contributed by atoms with van der Waals surface area (Å²) < 4.78 is 11.3. The van der Waals surface area contributed by atoms with Gasteiger partial charge in [0.1, 0.15) is 6.10 Å². The molecule has 1 aliphatic heterocycles. The van der Waals surface area contributed by atoms with Gasteiger partial charge < -0.3 is 19.9 Å². The lowest BCUT2D eigenvalue weighted by Gasteiger charge is -2.31. The van der Waals surface area contributed by atoms with Crippen molar-refractivity contribution in [2.24, 2.45) is 11.8 Å². The molecule has 0 bridgehead atoms. The van der Waals surface area contributed by atoms with E-state index < -0.39 is 48.1 Å². The average Bonchev–Trinajstić information content (AvgIpc) is 2.80. The molecule has 0 aromatic heterocycles. The summed E-state index contributed by atoms with van der Waals surface area (Å²) in [6.07, 6.45) is 2.97. The van der Waals surface area contributed by atoms with Crippen LogP contribution in [0.4, 0.5) is 0 Å². The average molecular weight is 476 g/mol. The molecule has 190 valence electrons. The number of hydrogen-bond donors (Lipinski definition) is 2. The molecule has 0 spiro atoms. The van der Waals surface area contributed by atoms with Crippen molar-refractivity contribution >= 4 is 17.8 Å². The van der Waals surface area contributed by atoms with E-state index in [4.69, 9.17) is 9.47 Å². The first kappa shape index (κ1) is 27.8. The molecule has 1 heterocycles. The smallest absolute Gasteiger partial charge is 0.313 e. The molecule has 7 nitrogen and oxygen atoms in total. The maximum atomic E-state index is 13.1. The van der Waals surface area contributed by atoms with Crippen LogP contribution in [0, 0.1) is 11.8 Å². The second-order valence-electron chi connectivity index (χ2n) is 9.70. The number of nitrogens with one attached hydrogen (secondary N) is 1. The van der Waals surface area contributed by atoms with Gasteiger partial charge in [-0.05, 0) is 37.7 Å². The Labute approximate surface area is 203 Å². The number of unbranched alkanes of at least 4 members (excludes halogenated alkanes) is 4. The van der Waals surface area contributed by atoms with Crippen LogP contribution in [0.1, 0.15) is 78.2 Å². The van der Waals surface area contributed by atoms with Gasteiger partial charge in [0.05, 0.1) is 24.5 Å². The Balaban J connectivity index is 2.24. The topological polar surface area (TPSA) is 102 Å². The largest absolute Gasteiger partial charge is 0.461 e. The first-order valence-corrected chi connectivity index (χ1v) is 12.6. The van der Waals surface area contributed by atoms with Crippen LogP contribution in [0.3, 0.4) is 0 Å². The van der Waals surface area contributed by atoms with Crippen molar-refractivity contribution in [3.05, 3.63) is 35.9 Å². The van der Waals surface area contributed by atoms with Gasteiger partial charge in [-0.1, -0.05) is 76.8 Å². The Morgan fingerprint density at radius 2 is 1.71 bits per heavy atom. The Morgan fingerprint density at radius 1 is 1.03 bits per heavy atom. The number of rotatable bonds is 9. The maximum Gasteiger partial charge on any atom is 0.313 e. The van der Waals surface area contributed by atoms with Crippen LogP contribution in [-0.2, 0) is 30.3 Å². The number of esters is 2. The molecule has 2 unspecified atom stereocenters. The van der Waals surface area contributed by atoms with E-state index in [1.807, 2.05) is 44.2 Å². The number of carbonyl (C=O) groups excluding carboxylic acids is 3. The summed E-state index contributed by atoms with van der Waals surface area (Å²) in [5, 5.41) is 13.7. The molecule has 34 heavy (non-hydrogen) atoms. The van der Waals surface area contributed by atoms with E-state index in [1.54, 1.807) is 6.92 Å². The summed E-state index contributed by atoms with van der Waals surface area (Å²) in [7, 11) is 0. The summed E-state index contributed by atoms with van der Waals surface area (Å²) in [6.45, 7) is 7.43. The quantitative estimate of drug-likeness (QED) is 0.414. The molecule has 1 amide bonds. The van der Waals surface area contributed by atoms with Crippen molar-refractivity contribution in [1.82, 2.24) is 5.32 Å². The number of carbonyl (C=O) groups is 3. The number of aliphatic hydroxyl groups excluding tert-OH is 1. The van der Waals surface area contributed by atoms with Crippen LogP contribution >= 0.6 is 0 Å². The number of cyclic esters (lactones) is 2. The van der Waals surface area contributed by atoms with Crippen molar-refractivity contribution in [2.75, 3.05) is 0 Å². The zero-order valence-corrected chi connectivity index (χ0v) is 21.0. The van der Waals surface area contributed by atoms with Gasteiger partial charge in [-0.3, -0.25) is 14.4 Å². The lowest BCUT2D eigenvalue weighted by atomic mass is 9.96. The minimum absolute atomic E-state index is 0.261. The van der Waals surface area contributed by atoms with E-state index in [9.17, 15) is 19.5 Å². The van der Waals surface area contributed by atoms with Crippen LogP contribution in [0.15, 0.2) is 30.3 Å². The Hall–Kier alpha value is -2.41. The number of amides is 1. The zero-order chi connectivity index (χ0) is 25.1. The van der Waals surface area contributed by atoms with Gasteiger partial charge in [-0.25, -0.2) is 0 Å². The van der Waals surface area contributed by atoms with E-state index in [1.165, 1.54) is 0 Å². The second-order valence-corrected chi connectivity index (χ2v) is 9.70. The second kappa shape index (κ2) is 14.1. The standard InChI is InChI=1S/C27H41NO6/c1-5-6-7-8-12-15-23-19(4)27(32)34-25(18(2)3)26(31)28-21(22(29)17-24(30)33-23)16-20-13-10-9-11-14-20/h9-11,13-14,18-19,21-23,25,29H,5-8,12,15-17H2,1-4H3,(H,28,31)/t19-,21-,22+,23?,25?/m0/s1. The first-order valence-electron chi connectivity index (χ1n) is 12.6. The molecule has 2 N–H and O–H groups in total. The fourth-order valence-corrected chi connectivity index (χ4v) is 4.18. The third-order valence-corrected chi connectivity index (χ3v) is 6.38. The van der Waals surface area contributed by atoms with Crippen molar-refractivity contribution in [1.29, 1.82) is 0 Å². The van der Waals surface area contributed by atoms with E-state index in [0.29, 0.717) is 12.8 Å². The fraction of sp³-hybridized carbons (Fsp3) is 0.667. The summed E-state index contributed by atoms with van der Waals surface area (Å²) >= 11 is 0. The highest BCUT2D eigenvalue weighted by Gasteiger charge is 2.37.